The van der Waals surface area contributed by atoms with Gasteiger partial charge in [0, 0.05) is 5.56 Å². The van der Waals surface area contributed by atoms with E-state index in [4.69, 9.17) is 10.00 Å². The van der Waals surface area contributed by atoms with Gasteiger partial charge >= 0.3 is 5.97 Å². The zero-order valence-electron chi connectivity index (χ0n) is 10.8. The summed E-state index contributed by atoms with van der Waals surface area (Å²) >= 11 is 0. The first-order chi connectivity index (χ1) is 9.19. The lowest BCUT2D eigenvalue weighted by Crippen LogP contribution is -2.02. The van der Waals surface area contributed by atoms with Gasteiger partial charge in [0.25, 0.3) is 0 Å². The molecule has 0 atom stereocenters. The summed E-state index contributed by atoms with van der Waals surface area (Å²) in [4.78, 5) is 22.9. The Kier molecular flexibility index (Phi) is 6.04. The van der Waals surface area contributed by atoms with E-state index in [0.717, 1.165) is 0 Å². The standard InChI is InChI=1S/C15H15NO3/c1-2-19-15(18)9-5-7-12-6-3-4-8-13(12)14(17)10-11-16/h3-8H,2,9-10H2,1H3. The summed E-state index contributed by atoms with van der Waals surface area (Å²) in [5.74, 6) is -0.529. The van der Waals surface area contributed by atoms with Crippen LogP contribution in [0.15, 0.2) is 30.3 Å². The van der Waals surface area contributed by atoms with Gasteiger partial charge in [0.15, 0.2) is 5.78 Å². The highest BCUT2D eigenvalue weighted by Crippen LogP contribution is 2.13. The third-order valence-electron chi connectivity index (χ3n) is 2.39. The smallest absolute Gasteiger partial charge is 0.309 e. The maximum atomic E-state index is 11.7. The summed E-state index contributed by atoms with van der Waals surface area (Å²) in [6, 6.07) is 8.82. The molecular formula is C15H15NO3. The summed E-state index contributed by atoms with van der Waals surface area (Å²) in [5, 5.41) is 8.55. The van der Waals surface area contributed by atoms with Crippen molar-refractivity contribution >= 4 is 17.8 Å². The van der Waals surface area contributed by atoms with Crippen molar-refractivity contribution in [2.24, 2.45) is 0 Å². The number of ether oxygens (including phenoxy) is 1. The molecule has 0 amide bonds. The molecule has 0 saturated heterocycles. The Bertz CT molecular complexity index is 526. The summed E-state index contributed by atoms with van der Waals surface area (Å²) in [5.41, 5.74) is 1.19. The van der Waals surface area contributed by atoms with Crippen LogP contribution in [0.3, 0.4) is 0 Å². The van der Waals surface area contributed by atoms with Crippen molar-refractivity contribution in [2.75, 3.05) is 6.61 Å². The van der Waals surface area contributed by atoms with Crippen LogP contribution in [0.5, 0.6) is 0 Å². The molecule has 0 spiro atoms. The third kappa shape index (κ3) is 4.76. The van der Waals surface area contributed by atoms with Crippen LogP contribution < -0.4 is 0 Å². The monoisotopic (exact) mass is 257 g/mol. The Hall–Kier alpha value is -2.41. The Morgan fingerprint density at radius 2 is 2.11 bits per heavy atom. The van der Waals surface area contributed by atoms with Gasteiger partial charge in [-0.15, -0.1) is 0 Å². The van der Waals surface area contributed by atoms with Gasteiger partial charge in [0.05, 0.1) is 25.5 Å². The molecule has 0 heterocycles. The second-order valence-corrected chi connectivity index (χ2v) is 3.76. The fourth-order valence-corrected chi connectivity index (χ4v) is 1.57. The van der Waals surface area contributed by atoms with Gasteiger partial charge in [-0.3, -0.25) is 9.59 Å². The van der Waals surface area contributed by atoms with Crippen LogP contribution >= 0.6 is 0 Å². The molecule has 1 rings (SSSR count). The zero-order valence-corrected chi connectivity index (χ0v) is 10.8. The molecule has 0 aliphatic carbocycles. The topological polar surface area (TPSA) is 67.2 Å². The van der Waals surface area contributed by atoms with Gasteiger partial charge in [-0.25, -0.2) is 0 Å². The molecule has 0 aromatic heterocycles. The van der Waals surface area contributed by atoms with E-state index in [9.17, 15) is 9.59 Å². The Morgan fingerprint density at radius 3 is 2.79 bits per heavy atom. The van der Waals surface area contributed by atoms with Crippen LogP contribution in [0.25, 0.3) is 6.08 Å². The summed E-state index contributed by atoms with van der Waals surface area (Å²) in [7, 11) is 0. The average molecular weight is 257 g/mol. The Labute approximate surface area is 112 Å². The first kappa shape index (κ1) is 14.7. The van der Waals surface area contributed by atoms with Crippen LogP contribution in [-0.2, 0) is 9.53 Å². The van der Waals surface area contributed by atoms with E-state index >= 15 is 0 Å². The summed E-state index contributed by atoms with van der Waals surface area (Å²) < 4.78 is 4.80. The van der Waals surface area contributed by atoms with E-state index in [0.29, 0.717) is 17.7 Å². The molecule has 4 nitrogen and oxygen atoms in total. The number of ketones is 1. The van der Waals surface area contributed by atoms with Crippen LogP contribution in [0, 0.1) is 11.3 Å². The minimum atomic E-state index is -0.306. The van der Waals surface area contributed by atoms with Crippen LogP contribution in [0.4, 0.5) is 0 Å². The number of rotatable bonds is 6. The summed E-state index contributed by atoms with van der Waals surface area (Å²) in [6.07, 6.45) is 3.36. The van der Waals surface area contributed by atoms with Gasteiger partial charge in [-0.1, -0.05) is 36.4 Å². The predicted octanol–water partition coefficient (Wildman–Crippen LogP) is 2.75. The van der Waals surface area contributed by atoms with Crippen molar-refractivity contribution in [1.82, 2.24) is 0 Å². The number of carbonyl (C=O) groups excluding carboxylic acids is 2. The van der Waals surface area contributed by atoms with E-state index in [-0.39, 0.29) is 24.6 Å². The average Bonchev–Trinajstić information content (AvgIpc) is 2.40. The molecule has 0 radical (unpaired) electrons. The van der Waals surface area contributed by atoms with E-state index in [1.807, 2.05) is 6.07 Å². The number of esters is 1. The number of Topliss-reactive ketones (excluding diaryl/α,β-unsaturated/α-hetero) is 1. The van der Waals surface area contributed by atoms with E-state index in [1.54, 1.807) is 43.3 Å². The van der Waals surface area contributed by atoms with Gasteiger partial charge in [-0.05, 0) is 12.5 Å². The highest BCUT2D eigenvalue weighted by atomic mass is 16.5. The zero-order chi connectivity index (χ0) is 14.1. The van der Waals surface area contributed by atoms with Crippen molar-refractivity contribution < 1.29 is 14.3 Å². The molecule has 1 aromatic carbocycles. The predicted molar refractivity (Wildman–Crippen MR) is 71.3 cm³/mol. The largest absolute Gasteiger partial charge is 0.466 e. The number of nitriles is 1. The quantitative estimate of drug-likeness (QED) is 0.580. The Morgan fingerprint density at radius 1 is 1.37 bits per heavy atom. The molecule has 1 aromatic rings. The molecule has 0 aliphatic rings. The van der Waals surface area contributed by atoms with E-state index in [2.05, 4.69) is 0 Å². The van der Waals surface area contributed by atoms with Crippen LogP contribution in [0.1, 0.15) is 35.7 Å². The maximum Gasteiger partial charge on any atom is 0.309 e. The molecule has 19 heavy (non-hydrogen) atoms. The molecule has 98 valence electrons. The molecule has 0 unspecified atom stereocenters. The lowest BCUT2D eigenvalue weighted by Gasteiger charge is -2.02. The second-order valence-electron chi connectivity index (χ2n) is 3.76. The van der Waals surface area contributed by atoms with Crippen molar-refractivity contribution in [3.05, 3.63) is 41.5 Å². The number of carbonyl (C=O) groups is 2. The molecule has 4 heteroatoms. The van der Waals surface area contributed by atoms with Gasteiger partial charge in [0.1, 0.15) is 0 Å². The van der Waals surface area contributed by atoms with E-state index < -0.39 is 0 Å². The first-order valence-electron chi connectivity index (χ1n) is 6.00. The minimum Gasteiger partial charge on any atom is -0.466 e. The first-order valence-corrected chi connectivity index (χ1v) is 6.00. The number of benzene rings is 1. The molecule has 0 N–H and O–H groups in total. The SMILES string of the molecule is CCOC(=O)CC=Cc1ccccc1C(=O)CC#N. The van der Waals surface area contributed by atoms with Crippen molar-refractivity contribution in [3.8, 4) is 6.07 Å². The minimum absolute atomic E-state index is 0.150. The molecule has 0 bridgehead atoms. The van der Waals surface area contributed by atoms with E-state index in [1.165, 1.54) is 0 Å². The fourth-order valence-electron chi connectivity index (χ4n) is 1.57. The van der Waals surface area contributed by atoms with Crippen LogP contribution in [0.2, 0.25) is 0 Å². The van der Waals surface area contributed by atoms with Crippen LogP contribution in [-0.4, -0.2) is 18.4 Å². The highest BCUT2D eigenvalue weighted by Gasteiger charge is 2.08. The van der Waals surface area contributed by atoms with Gasteiger partial charge in [-0.2, -0.15) is 5.26 Å². The molecular weight excluding hydrogens is 242 g/mol. The number of nitrogens with zero attached hydrogens (tertiary/aromatic N) is 1. The molecule has 0 fully saturated rings. The Balaban J connectivity index is 2.78. The second kappa shape index (κ2) is 7.83. The maximum absolute atomic E-state index is 11.7. The lowest BCUT2D eigenvalue weighted by atomic mass is 10.0. The van der Waals surface area contributed by atoms with Crippen molar-refractivity contribution in [2.45, 2.75) is 19.8 Å². The molecule has 0 aliphatic heterocycles. The highest BCUT2D eigenvalue weighted by molar-refractivity contribution is 6.00. The molecule has 0 saturated carbocycles. The van der Waals surface area contributed by atoms with Gasteiger partial charge < -0.3 is 4.74 Å². The third-order valence-corrected chi connectivity index (χ3v) is 2.39. The van der Waals surface area contributed by atoms with Gasteiger partial charge in [0.2, 0.25) is 0 Å². The number of hydrogen-bond acceptors (Lipinski definition) is 4. The van der Waals surface area contributed by atoms with Crippen molar-refractivity contribution in [1.29, 1.82) is 5.26 Å². The lowest BCUT2D eigenvalue weighted by molar-refractivity contribution is -0.142. The summed E-state index contributed by atoms with van der Waals surface area (Å²) in [6.45, 7) is 2.10. The fraction of sp³-hybridized carbons (Fsp3) is 0.267. The number of hydrogen-bond donors (Lipinski definition) is 0. The van der Waals surface area contributed by atoms with Crippen molar-refractivity contribution in [3.63, 3.8) is 0 Å². The normalized spacial score (nSPS) is 10.1.